The predicted molar refractivity (Wildman–Crippen MR) is 134 cm³/mol. The van der Waals surface area contributed by atoms with Gasteiger partial charge >= 0.3 is 0 Å². The molecule has 0 atom stereocenters. The largest absolute Gasteiger partial charge is 0.378 e. The maximum atomic E-state index is 13.2. The summed E-state index contributed by atoms with van der Waals surface area (Å²) in [5.41, 5.74) is 1.88. The second-order valence-corrected chi connectivity index (χ2v) is 10.8. The fourth-order valence-electron chi connectivity index (χ4n) is 4.66. The standard InChI is InChI=1S/C26H29N3O4S/c30-26(27-23-6-8-24(9-7-23)28-15-17-33-18-16-28)21-11-13-29(14-12-21)34(31,32)25-10-5-20-3-1-2-4-22(20)19-25/h1-10,19,21H,11-18H2,(H,27,30). The van der Waals surface area contributed by atoms with Crippen molar-refractivity contribution >= 4 is 38.1 Å². The molecule has 5 rings (SSSR count). The van der Waals surface area contributed by atoms with E-state index in [9.17, 15) is 13.2 Å². The van der Waals surface area contributed by atoms with Crippen molar-refractivity contribution < 1.29 is 17.9 Å². The minimum absolute atomic E-state index is 0.0538. The summed E-state index contributed by atoms with van der Waals surface area (Å²) in [6.07, 6.45) is 1.01. The van der Waals surface area contributed by atoms with Crippen LogP contribution in [0.2, 0.25) is 0 Å². The minimum Gasteiger partial charge on any atom is -0.378 e. The number of nitrogens with one attached hydrogen (secondary N) is 1. The van der Waals surface area contributed by atoms with Gasteiger partial charge in [0.25, 0.3) is 0 Å². The lowest BCUT2D eigenvalue weighted by Crippen LogP contribution is -2.41. The summed E-state index contributed by atoms with van der Waals surface area (Å²) >= 11 is 0. The molecule has 2 fully saturated rings. The number of nitrogens with zero attached hydrogens (tertiary/aromatic N) is 2. The van der Waals surface area contributed by atoms with Crippen LogP contribution in [0.1, 0.15) is 12.8 Å². The molecule has 2 heterocycles. The summed E-state index contributed by atoms with van der Waals surface area (Å²) in [6.45, 7) is 3.87. The monoisotopic (exact) mass is 479 g/mol. The third-order valence-electron chi connectivity index (χ3n) is 6.69. The number of carbonyl (C=O) groups excluding carboxylic acids is 1. The molecular formula is C26H29N3O4S. The Labute approximate surface area is 200 Å². The van der Waals surface area contributed by atoms with E-state index in [1.54, 1.807) is 12.1 Å². The molecule has 7 nitrogen and oxygen atoms in total. The highest BCUT2D eigenvalue weighted by atomic mass is 32.2. The van der Waals surface area contributed by atoms with E-state index in [-0.39, 0.29) is 11.8 Å². The van der Waals surface area contributed by atoms with Gasteiger partial charge in [-0.25, -0.2) is 8.42 Å². The highest BCUT2D eigenvalue weighted by Gasteiger charge is 2.32. The number of ether oxygens (including phenoxy) is 1. The molecule has 0 radical (unpaired) electrons. The van der Waals surface area contributed by atoms with Crippen LogP contribution >= 0.6 is 0 Å². The van der Waals surface area contributed by atoms with Crippen LogP contribution in [0.25, 0.3) is 10.8 Å². The third kappa shape index (κ3) is 4.80. The molecule has 3 aromatic rings. The molecule has 0 aliphatic carbocycles. The first-order chi connectivity index (χ1) is 16.5. The lowest BCUT2D eigenvalue weighted by molar-refractivity contribution is -0.120. The summed E-state index contributed by atoms with van der Waals surface area (Å²) in [5, 5.41) is 4.91. The molecule has 2 aliphatic heterocycles. The van der Waals surface area contributed by atoms with Gasteiger partial charge < -0.3 is 15.0 Å². The van der Waals surface area contributed by atoms with E-state index in [0.29, 0.717) is 30.8 Å². The second-order valence-electron chi connectivity index (χ2n) is 8.82. The molecule has 0 unspecified atom stereocenters. The quantitative estimate of drug-likeness (QED) is 0.604. The number of fused-ring (bicyclic) bond motifs is 1. The van der Waals surface area contributed by atoms with Crippen molar-refractivity contribution in [1.82, 2.24) is 4.31 Å². The molecule has 34 heavy (non-hydrogen) atoms. The molecular weight excluding hydrogens is 450 g/mol. The first kappa shape index (κ1) is 22.8. The first-order valence-corrected chi connectivity index (χ1v) is 13.2. The maximum absolute atomic E-state index is 13.2. The SMILES string of the molecule is O=C(Nc1ccc(N2CCOCC2)cc1)C1CCN(S(=O)(=O)c2ccc3ccccc3c2)CC1. The van der Waals surface area contributed by atoms with E-state index in [1.807, 2.05) is 54.6 Å². The Balaban J connectivity index is 1.18. The van der Waals surface area contributed by atoms with Crippen LogP contribution in [-0.2, 0) is 19.6 Å². The third-order valence-corrected chi connectivity index (χ3v) is 8.59. The molecule has 2 aliphatic rings. The van der Waals surface area contributed by atoms with Crippen LogP contribution in [-0.4, -0.2) is 58.0 Å². The topological polar surface area (TPSA) is 79.0 Å². The normalized spacial score (nSPS) is 18.2. The smallest absolute Gasteiger partial charge is 0.243 e. The van der Waals surface area contributed by atoms with E-state index in [1.165, 1.54) is 4.31 Å². The van der Waals surface area contributed by atoms with Gasteiger partial charge in [0.1, 0.15) is 0 Å². The van der Waals surface area contributed by atoms with E-state index >= 15 is 0 Å². The van der Waals surface area contributed by atoms with Gasteiger partial charge in [-0.05, 0) is 60.0 Å². The van der Waals surface area contributed by atoms with E-state index in [4.69, 9.17) is 4.74 Å². The number of hydrogen-bond donors (Lipinski definition) is 1. The number of amides is 1. The van der Waals surface area contributed by atoms with Crippen molar-refractivity contribution in [2.24, 2.45) is 5.92 Å². The predicted octanol–water partition coefficient (Wildman–Crippen LogP) is 3.72. The Bertz CT molecular complexity index is 1260. The van der Waals surface area contributed by atoms with Crippen molar-refractivity contribution in [2.45, 2.75) is 17.7 Å². The van der Waals surface area contributed by atoms with E-state index in [2.05, 4.69) is 10.2 Å². The Morgan fingerprint density at radius 1 is 0.853 bits per heavy atom. The van der Waals surface area contributed by atoms with Gasteiger partial charge in [-0.1, -0.05) is 30.3 Å². The zero-order valence-electron chi connectivity index (χ0n) is 19.0. The fraction of sp³-hybridized carbons (Fsp3) is 0.346. The molecule has 1 amide bonds. The van der Waals surface area contributed by atoms with Crippen LogP contribution in [0.4, 0.5) is 11.4 Å². The number of carbonyl (C=O) groups is 1. The number of morpholine rings is 1. The lowest BCUT2D eigenvalue weighted by Gasteiger charge is -2.31. The number of anilines is 2. The molecule has 0 bridgehead atoms. The van der Waals surface area contributed by atoms with Gasteiger partial charge in [0.05, 0.1) is 18.1 Å². The van der Waals surface area contributed by atoms with Crippen LogP contribution in [0.15, 0.2) is 71.6 Å². The molecule has 8 heteroatoms. The Morgan fingerprint density at radius 2 is 1.53 bits per heavy atom. The highest BCUT2D eigenvalue weighted by Crippen LogP contribution is 2.27. The summed E-state index contributed by atoms with van der Waals surface area (Å²) in [5.74, 6) is -0.260. The van der Waals surface area contributed by atoms with Crippen molar-refractivity contribution in [1.29, 1.82) is 0 Å². The van der Waals surface area contributed by atoms with Gasteiger partial charge in [0.2, 0.25) is 15.9 Å². The zero-order chi connectivity index (χ0) is 23.5. The highest BCUT2D eigenvalue weighted by molar-refractivity contribution is 7.89. The van der Waals surface area contributed by atoms with Crippen LogP contribution in [0.3, 0.4) is 0 Å². The molecule has 0 aromatic heterocycles. The summed E-state index contributed by atoms with van der Waals surface area (Å²) in [6, 6.07) is 20.8. The van der Waals surface area contributed by atoms with Gasteiger partial charge in [0.15, 0.2) is 0 Å². The van der Waals surface area contributed by atoms with Crippen LogP contribution < -0.4 is 10.2 Å². The average molecular weight is 480 g/mol. The van der Waals surface area contributed by atoms with Crippen molar-refractivity contribution in [3.63, 3.8) is 0 Å². The van der Waals surface area contributed by atoms with E-state index in [0.717, 1.165) is 48.5 Å². The molecule has 1 N–H and O–H groups in total. The second kappa shape index (κ2) is 9.74. The number of hydrogen-bond acceptors (Lipinski definition) is 5. The van der Waals surface area contributed by atoms with Crippen molar-refractivity contribution in [3.05, 3.63) is 66.7 Å². The Kier molecular flexibility index (Phi) is 6.54. The fourth-order valence-corrected chi connectivity index (χ4v) is 6.16. The molecule has 0 spiro atoms. The minimum atomic E-state index is -3.59. The van der Waals surface area contributed by atoms with Crippen molar-refractivity contribution in [3.8, 4) is 0 Å². The summed E-state index contributed by atoms with van der Waals surface area (Å²) in [4.78, 5) is 15.4. The van der Waals surface area contributed by atoms with Gasteiger partial charge in [-0.3, -0.25) is 4.79 Å². The van der Waals surface area contributed by atoms with Crippen molar-refractivity contribution in [2.75, 3.05) is 49.6 Å². The number of piperidine rings is 1. The van der Waals surface area contributed by atoms with Gasteiger partial charge in [0, 0.05) is 43.5 Å². The van der Waals surface area contributed by atoms with Gasteiger partial charge in [-0.15, -0.1) is 0 Å². The lowest BCUT2D eigenvalue weighted by atomic mass is 9.97. The molecule has 2 saturated heterocycles. The Morgan fingerprint density at radius 3 is 2.24 bits per heavy atom. The molecule has 0 saturated carbocycles. The average Bonchev–Trinajstić information content (AvgIpc) is 2.89. The number of rotatable bonds is 5. The van der Waals surface area contributed by atoms with Crippen LogP contribution in [0.5, 0.6) is 0 Å². The summed E-state index contributed by atoms with van der Waals surface area (Å²) in [7, 11) is -3.59. The molecule has 3 aromatic carbocycles. The van der Waals surface area contributed by atoms with E-state index < -0.39 is 10.0 Å². The Hall–Kier alpha value is -2.94. The molecule has 178 valence electrons. The zero-order valence-corrected chi connectivity index (χ0v) is 19.8. The first-order valence-electron chi connectivity index (χ1n) is 11.7. The number of benzene rings is 3. The van der Waals surface area contributed by atoms with Gasteiger partial charge in [-0.2, -0.15) is 4.31 Å². The number of sulfonamides is 1. The van der Waals surface area contributed by atoms with Crippen LogP contribution in [0, 0.1) is 5.92 Å². The maximum Gasteiger partial charge on any atom is 0.243 e. The summed E-state index contributed by atoms with van der Waals surface area (Å²) < 4.78 is 33.2.